The van der Waals surface area contributed by atoms with Crippen LogP contribution < -0.4 is 0 Å². The van der Waals surface area contributed by atoms with E-state index in [1.54, 1.807) is 6.92 Å². The highest BCUT2D eigenvalue weighted by Gasteiger charge is 2.25. The highest BCUT2D eigenvalue weighted by atomic mass is 16.4. The van der Waals surface area contributed by atoms with Crippen molar-refractivity contribution in [1.29, 1.82) is 0 Å². The molecule has 0 aliphatic rings. The van der Waals surface area contributed by atoms with Crippen LogP contribution in [-0.4, -0.2) is 81.2 Å². The van der Waals surface area contributed by atoms with Crippen molar-refractivity contribution in [2.45, 2.75) is 45.6 Å². The molecule has 1 unspecified atom stereocenters. The number of aliphatic carboxylic acids is 3. The number of amides is 1. The smallest absolute Gasteiger partial charge is 0.323 e. The molecule has 0 saturated heterocycles. The van der Waals surface area contributed by atoms with E-state index in [4.69, 9.17) is 15.3 Å². The Bertz CT molecular complexity index is 437. The third-order valence-corrected chi connectivity index (χ3v) is 3.46. The third-order valence-electron chi connectivity index (χ3n) is 3.46. The summed E-state index contributed by atoms with van der Waals surface area (Å²) in [5.41, 5.74) is 0. The topological polar surface area (TPSA) is 135 Å². The lowest BCUT2D eigenvalue weighted by molar-refractivity contribution is -0.147. The largest absolute Gasteiger partial charge is 0.480 e. The normalized spacial score (nSPS) is 12.0. The molecule has 24 heavy (non-hydrogen) atoms. The first-order valence-corrected chi connectivity index (χ1v) is 7.84. The van der Waals surface area contributed by atoms with Crippen LogP contribution in [0.25, 0.3) is 0 Å². The highest BCUT2D eigenvalue weighted by Crippen LogP contribution is 2.07. The van der Waals surface area contributed by atoms with Crippen LogP contribution in [0.1, 0.15) is 39.5 Å². The monoisotopic (exact) mass is 346 g/mol. The third kappa shape index (κ3) is 9.78. The Kier molecular flexibility index (Phi) is 10.4. The van der Waals surface area contributed by atoms with Gasteiger partial charge >= 0.3 is 17.9 Å². The van der Waals surface area contributed by atoms with Gasteiger partial charge in [0.25, 0.3) is 0 Å². The number of rotatable bonds is 13. The van der Waals surface area contributed by atoms with Gasteiger partial charge < -0.3 is 20.2 Å². The zero-order valence-corrected chi connectivity index (χ0v) is 14.1. The Labute approximate surface area is 140 Å². The Balaban J connectivity index is 4.93. The van der Waals surface area contributed by atoms with Crippen LogP contribution in [-0.2, 0) is 19.2 Å². The molecule has 0 aromatic rings. The van der Waals surface area contributed by atoms with Gasteiger partial charge in [-0.05, 0) is 13.3 Å². The van der Waals surface area contributed by atoms with E-state index in [1.807, 2.05) is 6.92 Å². The van der Waals surface area contributed by atoms with Gasteiger partial charge in [0.2, 0.25) is 5.91 Å². The van der Waals surface area contributed by atoms with E-state index in [9.17, 15) is 19.2 Å². The summed E-state index contributed by atoms with van der Waals surface area (Å²) in [7, 11) is 0. The van der Waals surface area contributed by atoms with Crippen molar-refractivity contribution < 1.29 is 34.5 Å². The van der Waals surface area contributed by atoms with Crippen LogP contribution in [0.15, 0.2) is 0 Å². The van der Waals surface area contributed by atoms with E-state index in [-0.39, 0.29) is 18.9 Å². The molecule has 0 bridgehead atoms. The molecule has 1 amide bonds. The molecular weight excluding hydrogens is 320 g/mol. The molecule has 0 aromatic heterocycles. The van der Waals surface area contributed by atoms with Gasteiger partial charge in [-0.15, -0.1) is 0 Å². The van der Waals surface area contributed by atoms with Gasteiger partial charge in [-0.3, -0.25) is 24.1 Å². The van der Waals surface area contributed by atoms with Crippen LogP contribution in [0.5, 0.6) is 0 Å². The van der Waals surface area contributed by atoms with E-state index < -0.39 is 43.6 Å². The van der Waals surface area contributed by atoms with Gasteiger partial charge in [-0.2, -0.15) is 0 Å². The first kappa shape index (κ1) is 21.8. The van der Waals surface area contributed by atoms with Gasteiger partial charge in [0.15, 0.2) is 0 Å². The Morgan fingerprint density at radius 3 is 1.79 bits per heavy atom. The van der Waals surface area contributed by atoms with Crippen LogP contribution in [0, 0.1) is 0 Å². The van der Waals surface area contributed by atoms with Crippen molar-refractivity contribution in [2.24, 2.45) is 0 Å². The average molecular weight is 346 g/mol. The number of nitrogens with zero attached hydrogens (tertiary/aromatic N) is 2. The Morgan fingerprint density at radius 2 is 1.38 bits per heavy atom. The summed E-state index contributed by atoms with van der Waals surface area (Å²) in [6.45, 7) is 2.01. The van der Waals surface area contributed by atoms with Gasteiger partial charge in [-0.1, -0.05) is 19.8 Å². The van der Waals surface area contributed by atoms with Crippen molar-refractivity contribution in [3.63, 3.8) is 0 Å². The summed E-state index contributed by atoms with van der Waals surface area (Å²) >= 11 is 0. The Morgan fingerprint density at radius 1 is 0.875 bits per heavy atom. The lowest BCUT2D eigenvalue weighted by atomic mass is 10.1. The molecule has 0 saturated carbocycles. The minimum Gasteiger partial charge on any atom is -0.480 e. The summed E-state index contributed by atoms with van der Waals surface area (Å²) < 4.78 is 0. The fourth-order valence-corrected chi connectivity index (χ4v) is 2.25. The number of hydrogen-bond acceptors (Lipinski definition) is 5. The van der Waals surface area contributed by atoms with Gasteiger partial charge in [0, 0.05) is 19.0 Å². The number of carbonyl (C=O) groups excluding carboxylic acids is 1. The van der Waals surface area contributed by atoms with E-state index >= 15 is 0 Å². The van der Waals surface area contributed by atoms with Gasteiger partial charge in [-0.25, -0.2) is 0 Å². The molecule has 0 radical (unpaired) electrons. The maximum absolute atomic E-state index is 12.2. The average Bonchev–Trinajstić information content (AvgIpc) is 2.44. The molecule has 9 nitrogen and oxygen atoms in total. The van der Waals surface area contributed by atoms with Crippen LogP contribution in [0.4, 0.5) is 0 Å². The molecule has 0 aliphatic carbocycles. The predicted molar refractivity (Wildman–Crippen MR) is 84.7 cm³/mol. The van der Waals surface area contributed by atoms with Crippen molar-refractivity contribution in [2.75, 3.05) is 26.2 Å². The van der Waals surface area contributed by atoms with E-state index in [1.165, 1.54) is 4.90 Å². The molecule has 0 rings (SSSR count). The lowest BCUT2D eigenvalue weighted by Crippen LogP contribution is -2.49. The summed E-state index contributed by atoms with van der Waals surface area (Å²) in [5.74, 6) is -3.89. The molecule has 9 heteroatoms. The number of unbranched alkanes of at least 4 members (excludes halogenated alkanes) is 2. The van der Waals surface area contributed by atoms with Crippen molar-refractivity contribution in [3.05, 3.63) is 0 Å². The van der Waals surface area contributed by atoms with Crippen molar-refractivity contribution in [3.8, 4) is 0 Å². The van der Waals surface area contributed by atoms with Crippen molar-refractivity contribution >= 4 is 23.8 Å². The number of hydrogen-bond donors (Lipinski definition) is 3. The van der Waals surface area contributed by atoms with Crippen LogP contribution >= 0.6 is 0 Å². The number of carbonyl (C=O) groups is 4. The molecule has 0 aliphatic heterocycles. The quantitative estimate of drug-likeness (QED) is 0.406. The van der Waals surface area contributed by atoms with E-state index in [2.05, 4.69) is 0 Å². The first-order chi connectivity index (χ1) is 11.2. The predicted octanol–water partition coefficient (Wildman–Crippen LogP) is 0.340. The second kappa shape index (κ2) is 11.4. The maximum atomic E-state index is 12.2. The zero-order valence-electron chi connectivity index (χ0n) is 14.1. The van der Waals surface area contributed by atoms with Crippen LogP contribution in [0.3, 0.4) is 0 Å². The SMILES string of the molecule is CCCCCC(=O)N(CC(=O)O)CC(C)N(CC(=O)O)CC(=O)O. The summed E-state index contributed by atoms with van der Waals surface area (Å²) in [6.07, 6.45) is 2.64. The molecule has 0 aromatic carbocycles. The molecule has 0 fully saturated rings. The number of carboxylic acids is 3. The van der Waals surface area contributed by atoms with Gasteiger partial charge in [0.1, 0.15) is 6.54 Å². The minimum absolute atomic E-state index is 0.0438. The molecule has 0 heterocycles. The van der Waals surface area contributed by atoms with E-state index in [0.29, 0.717) is 6.42 Å². The summed E-state index contributed by atoms with van der Waals surface area (Å²) in [4.78, 5) is 47.2. The maximum Gasteiger partial charge on any atom is 0.323 e. The first-order valence-electron chi connectivity index (χ1n) is 7.84. The second-order valence-corrected chi connectivity index (χ2v) is 5.67. The summed E-state index contributed by atoms with van der Waals surface area (Å²) in [5, 5.41) is 26.7. The second-order valence-electron chi connectivity index (χ2n) is 5.67. The fourth-order valence-electron chi connectivity index (χ4n) is 2.25. The minimum atomic E-state index is -1.19. The molecule has 1 atom stereocenters. The van der Waals surface area contributed by atoms with Crippen molar-refractivity contribution in [1.82, 2.24) is 9.80 Å². The molecule has 3 N–H and O–H groups in total. The zero-order chi connectivity index (χ0) is 18.7. The molecular formula is C15H26N2O7. The fraction of sp³-hybridized carbons (Fsp3) is 0.733. The molecule has 0 spiro atoms. The standard InChI is InChI=1S/C15H26N2O7/c1-3-4-5-6-12(18)17(10-15(23)24)7-11(2)16(8-13(19)20)9-14(21)22/h11H,3-10H2,1-2H3,(H,19,20)(H,21,22)(H,23,24). The summed E-state index contributed by atoms with van der Waals surface area (Å²) in [6, 6.07) is -0.605. The Hall–Kier alpha value is -2.16. The highest BCUT2D eigenvalue weighted by molar-refractivity contribution is 5.81. The van der Waals surface area contributed by atoms with Crippen LogP contribution in [0.2, 0.25) is 0 Å². The lowest BCUT2D eigenvalue weighted by Gasteiger charge is -2.31. The van der Waals surface area contributed by atoms with E-state index in [0.717, 1.165) is 17.7 Å². The number of carboxylic acid groups (broad SMARTS) is 3. The van der Waals surface area contributed by atoms with Gasteiger partial charge in [0.05, 0.1) is 13.1 Å². The molecule has 138 valence electrons.